The molecule has 2 aliphatic rings. The van der Waals surface area contributed by atoms with E-state index in [1.54, 1.807) is 10.7 Å². The molecule has 1 spiro atoms. The SMILES string of the molecule is O=C(c1cnn2ccccc12)N1CCC2(CCNC2)CC1. The van der Waals surface area contributed by atoms with Gasteiger partial charge in [-0.05, 0) is 43.4 Å². The largest absolute Gasteiger partial charge is 0.338 e. The highest BCUT2D eigenvalue weighted by molar-refractivity contribution is 6.00. The summed E-state index contributed by atoms with van der Waals surface area (Å²) >= 11 is 0. The lowest BCUT2D eigenvalue weighted by Crippen LogP contribution is -2.44. The Hall–Kier alpha value is -1.88. The van der Waals surface area contributed by atoms with Gasteiger partial charge in [0.1, 0.15) is 0 Å². The van der Waals surface area contributed by atoms with E-state index in [2.05, 4.69) is 10.4 Å². The van der Waals surface area contributed by atoms with Crippen molar-refractivity contribution in [2.24, 2.45) is 5.41 Å². The van der Waals surface area contributed by atoms with Gasteiger partial charge in [0, 0.05) is 25.8 Å². The summed E-state index contributed by atoms with van der Waals surface area (Å²) in [5.41, 5.74) is 2.05. The van der Waals surface area contributed by atoms with E-state index in [9.17, 15) is 4.79 Å². The second kappa shape index (κ2) is 4.84. The number of hydrogen-bond acceptors (Lipinski definition) is 3. The zero-order valence-electron chi connectivity index (χ0n) is 12.1. The fourth-order valence-corrected chi connectivity index (χ4v) is 3.68. The molecule has 2 saturated heterocycles. The van der Waals surface area contributed by atoms with Gasteiger partial charge in [0.15, 0.2) is 0 Å². The number of fused-ring (bicyclic) bond motifs is 1. The van der Waals surface area contributed by atoms with Crippen LogP contribution in [0.25, 0.3) is 5.52 Å². The summed E-state index contributed by atoms with van der Waals surface area (Å²) in [6.45, 7) is 3.98. The Morgan fingerprint density at radius 1 is 1.24 bits per heavy atom. The van der Waals surface area contributed by atoms with Crippen LogP contribution in [0.5, 0.6) is 0 Å². The summed E-state index contributed by atoms with van der Waals surface area (Å²) < 4.78 is 1.76. The van der Waals surface area contributed by atoms with Gasteiger partial charge >= 0.3 is 0 Å². The molecule has 4 heterocycles. The van der Waals surface area contributed by atoms with E-state index >= 15 is 0 Å². The van der Waals surface area contributed by atoms with Crippen LogP contribution in [0.1, 0.15) is 29.6 Å². The van der Waals surface area contributed by atoms with Crippen molar-refractivity contribution in [1.82, 2.24) is 19.8 Å². The normalized spacial score (nSPS) is 21.2. The number of carbonyl (C=O) groups excluding carboxylic acids is 1. The number of amides is 1. The van der Waals surface area contributed by atoms with Crippen molar-refractivity contribution in [3.63, 3.8) is 0 Å². The fraction of sp³-hybridized carbons (Fsp3) is 0.500. The molecule has 4 rings (SSSR count). The monoisotopic (exact) mass is 284 g/mol. The number of nitrogens with zero attached hydrogens (tertiary/aromatic N) is 3. The van der Waals surface area contributed by atoms with Gasteiger partial charge < -0.3 is 10.2 Å². The van der Waals surface area contributed by atoms with Gasteiger partial charge in [0.25, 0.3) is 5.91 Å². The average molecular weight is 284 g/mol. The van der Waals surface area contributed by atoms with Crippen molar-refractivity contribution in [3.8, 4) is 0 Å². The molecule has 5 heteroatoms. The molecule has 2 aliphatic heterocycles. The summed E-state index contributed by atoms with van der Waals surface area (Å²) in [7, 11) is 0. The molecule has 0 atom stereocenters. The second-order valence-corrected chi connectivity index (χ2v) is 6.31. The number of piperidine rings is 1. The van der Waals surface area contributed by atoms with Crippen molar-refractivity contribution in [2.45, 2.75) is 19.3 Å². The minimum absolute atomic E-state index is 0.122. The molecule has 1 amide bonds. The number of likely N-dealkylation sites (tertiary alicyclic amines) is 1. The number of rotatable bonds is 1. The maximum Gasteiger partial charge on any atom is 0.257 e. The Kier molecular flexibility index (Phi) is 2.96. The average Bonchev–Trinajstić information content (AvgIpc) is 3.15. The zero-order chi connectivity index (χ0) is 14.3. The van der Waals surface area contributed by atoms with E-state index < -0.39 is 0 Å². The molecular formula is C16H20N4O. The highest BCUT2D eigenvalue weighted by Crippen LogP contribution is 2.37. The molecule has 21 heavy (non-hydrogen) atoms. The third-order valence-corrected chi connectivity index (χ3v) is 5.10. The van der Waals surface area contributed by atoms with Crippen molar-refractivity contribution < 1.29 is 4.79 Å². The number of aromatic nitrogens is 2. The number of pyridine rings is 1. The second-order valence-electron chi connectivity index (χ2n) is 6.31. The van der Waals surface area contributed by atoms with Crippen LogP contribution in [0.4, 0.5) is 0 Å². The molecule has 1 N–H and O–H groups in total. The molecule has 0 bridgehead atoms. The Balaban J connectivity index is 1.53. The first-order chi connectivity index (χ1) is 10.3. The minimum Gasteiger partial charge on any atom is -0.338 e. The molecular weight excluding hydrogens is 264 g/mol. The van der Waals surface area contributed by atoms with Crippen LogP contribution >= 0.6 is 0 Å². The molecule has 0 saturated carbocycles. The number of nitrogens with one attached hydrogen (secondary N) is 1. The van der Waals surface area contributed by atoms with Crippen molar-refractivity contribution in [3.05, 3.63) is 36.2 Å². The third kappa shape index (κ3) is 2.12. The van der Waals surface area contributed by atoms with E-state index in [1.807, 2.05) is 29.3 Å². The van der Waals surface area contributed by atoms with Crippen LogP contribution in [-0.2, 0) is 0 Å². The van der Waals surface area contributed by atoms with Crippen molar-refractivity contribution in [1.29, 1.82) is 0 Å². The van der Waals surface area contributed by atoms with Crippen molar-refractivity contribution >= 4 is 11.4 Å². The van der Waals surface area contributed by atoms with E-state index in [4.69, 9.17) is 0 Å². The van der Waals surface area contributed by atoms with Gasteiger partial charge in [0.2, 0.25) is 0 Å². The maximum absolute atomic E-state index is 12.7. The Labute approximate surface area is 123 Å². The lowest BCUT2D eigenvalue weighted by Gasteiger charge is -2.38. The zero-order valence-corrected chi connectivity index (χ0v) is 12.1. The lowest BCUT2D eigenvalue weighted by atomic mass is 9.78. The Morgan fingerprint density at radius 2 is 2.10 bits per heavy atom. The van der Waals surface area contributed by atoms with E-state index in [1.165, 1.54) is 6.42 Å². The molecule has 0 radical (unpaired) electrons. The summed E-state index contributed by atoms with van der Waals surface area (Å²) in [6, 6.07) is 5.82. The summed E-state index contributed by atoms with van der Waals surface area (Å²) in [5.74, 6) is 0.122. The van der Waals surface area contributed by atoms with Gasteiger partial charge in [-0.2, -0.15) is 5.10 Å². The van der Waals surface area contributed by atoms with Gasteiger partial charge in [-0.25, -0.2) is 4.52 Å². The highest BCUT2D eigenvalue weighted by Gasteiger charge is 2.38. The Morgan fingerprint density at radius 3 is 2.86 bits per heavy atom. The molecule has 0 aliphatic carbocycles. The molecule has 2 fully saturated rings. The molecule has 0 unspecified atom stereocenters. The molecule has 5 nitrogen and oxygen atoms in total. The molecule has 110 valence electrons. The van der Waals surface area contributed by atoms with Crippen LogP contribution in [0.15, 0.2) is 30.6 Å². The third-order valence-electron chi connectivity index (χ3n) is 5.10. The lowest BCUT2D eigenvalue weighted by molar-refractivity contribution is 0.0609. The van der Waals surface area contributed by atoms with Crippen LogP contribution in [-0.4, -0.2) is 46.6 Å². The summed E-state index contributed by atoms with van der Waals surface area (Å²) in [6.07, 6.45) is 7.06. The van der Waals surface area contributed by atoms with Gasteiger partial charge in [-0.1, -0.05) is 6.07 Å². The van der Waals surface area contributed by atoms with E-state index in [0.717, 1.165) is 50.1 Å². The maximum atomic E-state index is 12.7. The number of carbonyl (C=O) groups is 1. The predicted octanol–water partition coefficient (Wildman–Crippen LogP) is 1.55. The van der Waals surface area contributed by atoms with Gasteiger partial charge in [-0.3, -0.25) is 4.79 Å². The van der Waals surface area contributed by atoms with Gasteiger partial charge in [-0.15, -0.1) is 0 Å². The minimum atomic E-state index is 0.122. The first kappa shape index (κ1) is 12.8. The molecule has 0 aromatic carbocycles. The first-order valence-corrected chi connectivity index (χ1v) is 7.70. The fourth-order valence-electron chi connectivity index (χ4n) is 3.68. The molecule has 2 aromatic heterocycles. The molecule has 2 aromatic rings. The standard InChI is InChI=1S/C16H20N4O/c21-15(13-11-18-20-8-2-1-3-14(13)20)19-9-5-16(6-10-19)4-7-17-12-16/h1-3,8,11,17H,4-7,9-10,12H2. The van der Waals surface area contributed by atoms with Crippen LogP contribution in [0, 0.1) is 5.41 Å². The smallest absolute Gasteiger partial charge is 0.257 e. The predicted molar refractivity (Wildman–Crippen MR) is 80.2 cm³/mol. The topological polar surface area (TPSA) is 49.6 Å². The Bertz CT molecular complexity index is 662. The first-order valence-electron chi connectivity index (χ1n) is 7.70. The quantitative estimate of drug-likeness (QED) is 0.864. The van der Waals surface area contributed by atoms with E-state index in [0.29, 0.717) is 5.41 Å². The van der Waals surface area contributed by atoms with Crippen LogP contribution in [0.2, 0.25) is 0 Å². The van der Waals surface area contributed by atoms with Crippen LogP contribution < -0.4 is 5.32 Å². The highest BCUT2D eigenvalue weighted by atomic mass is 16.2. The van der Waals surface area contributed by atoms with Gasteiger partial charge in [0.05, 0.1) is 17.3 Å². The van der Waals surface area contributed by atoms with E-state index in [-0.39, 0.29) is 5.91 Å². The number of hydrogen-bond donors (Lipinski definition) is 1. The van der Waals surface area contributed by atoms with Crippen molar-refractivity contribution in [2.75, 3.05) is 26.2 Å². The van der Waals surface area contributed by atoms with Crippen LogP contribution in [0.3, 0.4) is 0 Å². The summed E-state index contributed by atoms with van der Waals surface area (Å²) in [4.78, 5) is 14.7. The summed E-state index contributed by atoms with van der Waals surface area (Å²) in [5, 5.41) is 7.73.